The van der Waals surface area contributed by atoms with Gasteiger partial charge in [-0.1, -0.05) is 77.1 Å². The summed E-state index contributed by atoms with van der Waals surface area (Å²) in [4.78, 5) is 14.8. The van der Waals surface area contributed by atoms with Crippen molar-refractivity contribution in [2.75, 3.05) is 26.7 Å². The summed E-state index contributed by atoms with van der Waals surface area (Å²) in [6, 6.07) is 18.1. The van der Waals surface area contributed by atoms with E-state index in [-0.39, 0.29) is 20.8 Å². The van der Waals surface area contributed by atoms with E-state index in [0.717, 1.165) is 56.2 Å². The summed E-state index contributed by atoms with van der Waals surface area (Å²) in [5, 5.41) is 6.48. The Labute approximate surface area is 249 Å². The van der Waals surface area contributed by atoms with Gasteiger partial charge in [0.15, 0.2) is 0 Å². The molecule has 0 atom stereocenters. The number of amides is 1. The van der Waals surface area contributed by atoms with E-state index in [1.165, 1.54) is 28.8 Å². The maximum absolute atomic E-state index is 12.5. The van der Waals surface area contributed by atoms with Crippen molar-refractivity contribution >= 4 is 5.91 Å². The van der Waals surface area contributed by atoms with Gasteiger partial charge < -0.3 is 15.5 Å². The second kappa shape index (κ2) is 22.6. The summed E-state index contributed by atoms with van der Waals surface area (Å²) in [6.45, 7) is 16.3. The predicted octanol–water partition coefficient (Wildman–Crippen LogP) is 8.63. The van der Waals surface area contributed by atoms with Gasteiger partial charge in [0.1, 0.15) is 11.6 Å². The molecule has 6 heteroatoms. The number of aryl methyl sites for hydroxylation is 3. The average molecular weight is 572 g/mol. The highest BCUT2D eigenvalue weighted by molar-refractivity contribution is 5.94. The van der Waals surface area contributed by atoms with Crippen molar-refractivity contribution in [2.24, 2.45) is 0 Å². The molecule has 0 saturated heterocycles. The topological polar surface area (TPSA) is 44.4 Å². The van der Waals surface area contributed by atoms with E-state index < -0.39 is 11.6 Å². The summed E-state index contributed by atoms with van der Waals surface area (Å²) < 4.78 is 24.4. The molecule has 0 unspecified atom stereocenters. The SMILES string of the molecule is C.C.CC.CCCN(C)Cc1cc(C)cc(C(=O)NCCCNCc2cccc(C)c2)c1.Cc1cc(F)cc(F)c1. The molecule has 0 bridgehead atoms. The lowest BCUT2D eigenvalue weighted by Crippen LogP contribution is -2.27. The Morgan fingerprint density at radius 2 is 1.41 bits per heavy atom. The molecule has 0 aromatic heterocycles. The zero-order valence-corrected chi connectivity index (χ0v) is 24.8. The molecular weight excluding hydrogens is 516 g/mol. The van der Waals surface area contributed by atoms with E-state index in [2.05, 4.69) is 73.7 Å². The molecular formula is C35H55F2N3O. The summed E-state index contributed by atoms with van der Waals surface area (Å²) >= 11 is 0. The fourth-order valence-electron chi connectivity index (χ4n) is 4.12. The number of hydrogen-bond donors (Lipinski definition) is 2. The van der Waals surface area contributed by atoms with E-state index in [4.69, 9.17) is 0 Å². The first-order chi connectivity index (χ1) is 18.7. The van der Waals surface area contributed by atoms with Gasteiger partial charge in [0.2, 0.25) is 0 Å². The lowest BCUT2D eigenvalue weighted by atomic mass is 10.1. The lowest BCUT2D eigenvalue weighted by molar-refractivity contribution is 0.0953. The molecule has 4 nitrogen and oxygen atoms in total. The zero-order valence-electron chi connectivity index (χ0n) is 24.8. The molecule has 3 aromatic rings. The maximum Gasteiger partial charge on any atom is 0.251 e. The highest BCUT2D eigenvalue weighted by atomic mass is 19.1. The van der Waals surface area contributed by atoms with Gasteiger partial charge in [-0.2, -0.15) is 0 Å². The monoisotopic (exact) mass is 571 g/mol. The van der Waals surface area contributed by atoms with Crippen molar-refractivity contribution in [1.82, 2.24) is 15.5 Å². The van der Waals surface area contributed by atoms with Gasteiger partial charge in [-0.3, -0.25) is 4.79 Å². The number of carbonyl (C=O) groups excluding carboxylic acids is 1. The first kappa shape index (κ1) is 40.1. The number of hydrogen-bond acceptors (Lipinski definition) is 3. The predicted molar refractivity (Wildman–Crippen MR) is 174 cm³/mol. The summed E-state index contributed by atoms with van der Waals surface area (Å²) in [6.07, 6.45) is 2.04. The Hall–Kier alpha value is -3.09. The Bertz CT molecular complexity index is 1080. The van der Waals surface area contributed by atoms with Crippen molar-refractivity contribution in [3.63, 3.8) is 0 Å². The van der Waals surface area contributed by atoms with Gasteiger partial charge in [-0.15, -0.1) is 0 Å². The Morgan fingerprint density at radius 1 is 0.805 bits per heavy atom. The van der Waals surface area contributed by atoms with E-state index in [1.54, 1.807) is 6.92 Å². The summed E-state index contributed by atoms with van der Waals surface area (Å²) in [5.41, 5.74) is 6.27. The third-order valence-electron chi connectivity index (χ3n) is 5.69. The van der Waals surface area contributed by atoms with E-state index in [1.807, 2.05) is 26.0 Å². The molecule has 0 radical (unpaired) electrons. The minimum Gasteiger partial charge on any atom is -0.352 e. The normalized spacial score (nSPS) is 9.80. The highest BCUT2D eigenvalue weighted by Gasteiger charge is 2.08. The molecule has 3 aromatic carbocycles. The average Bonchev–Trinajstić information content (AvgIpc) is 2.86. The summed E-state index contributed by atoms with van der Waals surface area (Å²) in [7, 11) is 2.12. The van der Waals surface area contributed by atoms with E-state index >= 15 is 0 Å². The molecule has 0 spiro atoms. The van der Waals surface area contributed by atoms with Crippen molar-refractivity contribution < 1.29 is 13.6 Å². The largest absolute Gasteiger partial charge is 0.352 e. The first-order valence-corrected chi connectivity index (χ1v) is 13.9. The Morgan fingerprint density at radius 3 is 2.00 bits per heavy atom. The maximum atomic E-state index is 12.5. The van der Waals surface area contributed by atoms with Crippen LogP contribution in [-0.4, -0.2) is 37.5 Å². The molecule has 2 N–H and O–H groups in total. The molecule has 0 aliphatic rings. The van der Waals surface area contributed by atoms with Crippen LogP contribution >= 0.6 is 0 Å². The number of benzene rings is 3. The fraction of sp³-hybridized carbons (Fsp3) is 0.457. The number of halogens is 2. The highest BCUT2D eigenvalue weighted by Crippen LogP contribution is 2.12. The molecule has 1 amide bonds. The second-order valence-corrected chi connectivity index (χ2v) is 9.67. The quantitative estimate of drug-likeness (QED) is 0.226. The van der Waals surface area contributed by atoms with Crippen molar-refractivity contribution in [1.29, 1.82) is 0 Å². The van der Waals surface area contributed by atoms with Crippen LogP contribution in [0.5, 0.6) is 0 Å². The van der Waals surface area contributed by atoms with Crippen LogP contribution in [0.2, 0.25) is 0 Å². The first-order valence-electron chi connectivity index (χ1n) is 13.9. The molecule has 3 rings (SSSR count). The third-order valence-corrected chi connectivity index (χ3v) is 5.69. The van der Waals surface area contributed by atoms with Gasteiger partial charge >= 0.3 is 0 Å². The van der Waals surface area contributed by atoms with Crippen molar-refractivity contribution in [3.05, 3.63) is 106 Å². The van der Waals surface area contributed by atoms with Crippen LogP contribution in [0.1, 0.15) is 86.6 Å². The van der Waals surface area contributed by atoms with Gasteiger partial charge in [-0.25, -0.2) is 8.78 Å². The molecule has 41 heavy (non-hydrogen) atoms. The Balaban J connectivity index is 0. The standard InChI is InChI=1S/C24H35N3O.C7H6F2.C2H6.2CH4/c1-5-12-27(4)18-22-14-20(3)15-23(16-22)24(28)26-11-7-10-25-17-21-9-6-8-19(2)13-21;1-5-2-6(8)4-7(9)3-5;1-2;;/h6,8-9,13-16,25H,5,7,10-12,17-18H2,1-4H3,(H,26,28);2-4H,1H3;1-2H3;2*1H4. The third kappa shape index (κ3) is 17.4. The smallest absolute Gasteiger partial charge is 0.251 e. The molecule has 230 valence electrons. The van der Waals surface area contributed by atoms with E-state index in [9.17, 15) is 13.6 Å². The van der Waals surface area contributed by atoms with Gasteiger partial charge in [-0.05, 0) is 94.7 Å². The molecule has 0 fully saturated rings. The number of nitrogens with zero attached hydrogens (tertiary/aromatic N) is 1. The summed E-state index contributed by atoms with van der Waals surface area (Å²) in [5.74, 6) is -1.03. The van der Waals surface area contributed by atoms with Gasteiger partial charge in [0.05, 0.1) is 0 Å². The van der Waals surface area contributed by atoms with Crippen LogP contribution in [0.25, 0.3) is 0 Å². The fourth-order valence-corrected chi connectivity index (χ4v) is 4.12. The minimum atomic E-state index is -0.521. The van der Waals surface area contributed by atoms with Gasteiger partial charge in [0, 0.05) is 31.3 Å². The molecule has 0 aliphatic heterocycles. The number of nitrogens with one attached hydrogen (secondary N) is 2. The van der Waals surface area contributed by atoms with Crippen LogP contribution in [0, 0.1) is 32.4 Å². The molecule has 0 heterocycles. The van der Waals surface area contributed by atoms with Crippen LogP contribution < -0.4 is 10.6 Å². The molecule has 0 aliphatic carbocycles. The van der Waals surface area contributed by atoms with Crippen molar-refractivity contribution in [2.45, 2.75) is 82.3 Å². The van der Waals surface area contributed by atoms with Gasteiger partial charge in [0.25, 0.3) is 5.91 Å². The Kier molecular flexibility index (Phi) is 22.1. The lowest BCUT2D eigenvalue weighted by Gasteiger charge is -2.16. The van der Waals surface area contributed by atoms with Crippen LogP contribution in [-0.2, 0) is 13.1 Å². The number of rotatable bonds is 11. The van der Waals surface area contributed by atoms with Crippen LogP contribution in [0.3, 0.4) is 0 Å². The van der Waals surface area contributed by atoms with Crippen molar-refractivity contribution in [3.8, 4) is 0 Å². The number of carbonyl (C=O) groups is 1. The van der Waals surface area contributed by atoms with E-state index in [0.29, 0.717) is 12.1 Å². The minimum absolute atomic E-state index is 0. The molecule has 0 saturated carbocycles. The van der Waals surface area contributed by atoms with Crippen LogP contribution in [0.15, 0.2) is 60.7 Å². The zero-order chi connectivity index (χ0) is 29.2. The second-order valence-electron chi connectivity index (χ2n) is 9.67. The van der Waals surface area contributed by atoms with Crippen LogP contribution in [0.4, 0.5) is 8.78 Å².